The normalized spacial score (nSPS) is 37.7. The molecule has 2 nitrogen and oxygen atoms in total. The van der Waals surface area contributed by atoms with E-state index >= 15 is 0 Å². The predicted molar refractivity (Wildman–Crippen MR) is 39.3 cm³/mol. The van der Waals surface area contributed by atoms with E-state index in [4.69, 9.17) is 5.73 Å². The second kappa shape index (κ2) is 2.67. The van der Waals surface area contributed by atoms with Gasteiger partial charge in [-0.2, -0.15) is 0 Å². The van der Waals surface area contributed by atoms with Crippen molar-refractivity contribution in [2.75, 3.05) is 13.6 Å². The topological polar surface area (TPSA) is 29.3 Å². The van der Waals surface area contributed by atoms with Crippen LogP contribution < -0.4 is 5.73 Å². The lowest BCUT2D eigenvalue weighted by atomic mass is 10.2. The van der Waals surface area contributed by atoms with Gasteiger partial charge in [-0.3, -0.25) is 4.90 Å². The molecule has 1 aliphatic heterocycles. The van der Waals surface area contributed by atoms with Gasteiger partial charge in [-0.15, -0.1) is 0 Å². The van der Waals surface area contributed by atoms with Crippen LogP contribution in [0.1, 0.15) is 19.8 Å². The molecule has 1 aliphatic rings. The molecule has 1 fully saturated rings. The van der Waals surface area contributed by atoms with E-state index in [1.165, 1.54) is 12.8 Å². The molecular weight excluding hydrogens is 112 g/mol. The van der Waals surface area contributed by atoms with Crippen LogP contribution in [-0.2, 0) is 0 Å². The first-order chi connectivity index (χ1) is 4.25. The number of nitrogens with two attached hydrogens (primary N) is 1. The van der Waals surface area contributed by atoms with Crippen LogP contribution in [-0.4, -0.2) is 30.6 Å². The molecule has 0 radical (unpaired) electrons. The van der Waals surface area contributed by atoms with Gasteiger partial charge in [-0.25, -0.2) is 0 Å². The summed E-state index contributed by atoms with van der Waals surface area (Å²) in [5, 5.41) is 0. The molecule has 0 unspecified atom stereocenters. The Balaban J connectivity index is 2.41. The third-order valence-electron chi connectivity index (χ3n) is 2.46. The Morgan fingerprint density at radius 2 is 2.22 bits per heavy atom. The monoisotopic (exact) mass is 128 g/mol. The molecule has 2 N–H and O–H groups in total. The fourth-order valence-corrected chi connectivity index (χ4v) is 1.48. The highest BCUT2D eigenvalue weighted by molar-refractivity contribution is 4.82. The van der Waals surface area contributed by atoms with Crippen LogP contribution in [0.3, 0.4) is 0 Å². The Morgan fingerprint density at radius 3 is 2.44 bits per heavy atom. The van der Waals surface area contributed by atoms with Crippen LogP contribution >= 0.6 is 0 Å². The van der Waals surface area contributed by atoms with Gasteiger partial charge < -0.3 is 5.73 Å². The summed E-state index contributed by atoms with van der Waals surface area (Å²) in [4.78, 5) is 2.38. The molecule has 0 aliphatic carbocycles. The molecule has 9 heavy (non-hydrogen) atoms. The van der Waals surface area contributed by atoms with Crippen LogP contribution in [0, 0.1) is 0 Å². The summed E-state index contributed by atoms with van der Waals surface area (Å²) in [6.07, 6.45) is 2.60. The Morgan fingerprint density at radius 1 is 1.56 bits per heavy atom. The summed E-state index contributed by atoms with van der Waals surface area (Å²) < 4.78 is 0. The average molecular weight is 128 g/mol. The number of nitrogens with zero attached hydrogens (tertiary/aromatic N) is 1. The first-order valence-electron chi connectivity index (χ1n) is 3.67. The maximum atomic E-state index is 5.54. The van der Waals surface area contributed by atoms with Gasteiger partial charge in [0.25, 0.3) is 0 Å². The third kappa shape index (κ3) is 1.25. The zero-order valence-electron chi connectivity index (χ0n) is 6.30. The summed E-state index contributed by atoms with van der Waals surface area (Å²) in [6, 6.07) is 1.40. The molecule has 0 aromatic rings. The van der Waals surface area contributed by atoms with Crippen molar-refractivity contribution in [3.05, 3.63) is 0 Å². The Bertz CT molecular complexity index is 92.9. The summed E-state index contributed by atoms with van der Waals surface area (Å²) >= 11 is 0. The van der Waals surface area contributed by atoms with Crippen molar-refractivity contribution in [2.45, 2.75) is 31.8 Å². The van der Waals surface area contributed by atoms with Crippen molar-refractivity contribution in [2.24, 2.45) is 5.73 Å². The number of hydrogen-bond donors (Lipinski definition) is 1. The highest BCUT2D eigenvalue weighted by atomic mass is 15.2. The smallest absolute Gasteiger partial charge is 0.0218 e. The van der Waals surface area contributed by atoms with Crippen molar-refractivity contribution in [3.8, 4) is 0 Å². The number of rotatable bonds is 1. The van der Waals surface area contributed by atoms with Gasteiger partial charge in [0, 0.05) is 18.6 Å². The van der Waals surface area contributed by atoms with E-state index in [-0.39, 0.29) is 0 Å². The standard InChI is InChI=1S/C7H16N2/c1-6-3-4-7(5-8)9(6)2/h6-7H,3-5,8H2,1-2H3/t6-,7+/m0/s1. The van der Waals surface area contributed by atoms with Gasteiger partial charge >= 0.3 is 0 Å². The molecule has 0 aromatic carbocycles. The molecule has 0 saturated carbocycles. The Kier molecular flexibility index (Phi) is 2.09. The molecule has 0 bridgehead atoms. The van der Waals surface area contributed by atoms with E-state index in [2.05, 4.69) is 18.9 Å². The molecular formula is C7H16N2. The molecule has 1 saturated heterocycles. The molecule has 0 aromatic heterocycles. The minimum absolute atomic E-state index is 0.653. The summed E-state index contributed by atoms with van der Waals surface area (Å²) in [7, 11) is 2.16. The average Bonchev–Trinajstić information content (AvgIpc) is 2.15. The molecule has 0 amide bonds. The highest BCUT2D eigenvalue weighted by Gasteiger charge is 2.25. The lowest BCUT2D eigenvalue weighted by molar-refractivity contribution is 0.258. The fourth-order valence-electron chi connectivity index (χ4n) is 1.48. The SMILES string of the molecule is C[C@H]1CC[C@H](CN)N1C. The first kappa shape index (κ1) is 7.03. The number of hydrogen-bond acceptors (Lipinski definition) is 2. The molecule has 0 spiro atoms. The fraction of sp³-hybridized carbons (Fsp3) is 1.00. The molecule has 1 heterocycles. The van der Waals surface area contributed by atoms with Gasteiger partial charge in [0.05, 0.1) is 0 Å². The number of likely N-dealkylation sites (tertiary alicyclic amines) is 1. The molecule has 1 rings (SSSR count). The van der Waals surface area contributed by atoms with Crippen LogP contribution in [0.4, 0.5) is 0 Å². The van der Waals surface area contributed by atoms with Crippen molar-refractivity contribution in [3.63, 3.8) is 0 Å². The zero-order chi connectivity index (χ0) is 6.85. The van der Waals surface area contributed by atoms with E-state index in [9.17, 15) is 0 Å². The zero-order valence-corrected chi connectivity index (χ0v) is 6.30. The minimum Gasteiger partial charge on any atom is -0.329 e. The van der Waals surface area contributed by atoms with Gasteiger partial charge in [0.1, 0.15) is 0 Å². The van der Waals surface area contributed by atoms with Crippen molar-refractivity contribution in [1.82, 2.24) is 4.90 Å². The first-order valence-corrected chi connectivity index (χ1v) is 3.67. The van der Waals surface area contributed by atoms with Crippen molar-refractivity contribution >= 4 is 0 Å². The van der Waals surface area contributed by atoms with Crippen LogP contribution in [0.5, 0.6) is 0 Å². The second-order valence-electron chi connectivity index (χ2n) is 2.98. The molecule has 54 valence electrons. The van der Waals surface area contributed by atoms with Gasteiger partial charge in [0.15, 0.2) is 0 Å². The van der Waals surface area contributed by atoms with E-state index in [1.807, 2.05) is 0 Å². The summed E-state index contributed by atoms with van der Waals surface area (Å²) in [5.74, 6) is 0. The highest BCUT2D eigenvalue weighted by Crippen LogP contribution is 2.20. The van der Waals surface area contributed by atoms with Gasteiger partial charge in [-0.1, -0.05) is 0 Å². The van der Waals surface area contributed by atoms with Crippen LogP contribution in [0.25, 0.3) is 0 Å². The van der Waals surface area contributed by atoms with E-state index in [1.54, 1.807) is 0 Å². The van der Waals surface area contributed by atoms with Crippen LogP contribution in [0.2, 0.25) is 0 Å². The van der Waals surface area contributed by atoms with E-state index in [0.717, 1.165) is 12.6 Å². The largest absolute Gasteiger partial charge is 0.329 e. The maximum absolute atomic E-state index is 5.54. The number of likely N-dealkylation sites (N-methyl/N-ethyl adjacent to an activating group) is 1. The molecule has 2 heteroatoms. The van der Waals surface area contributed by atoms with Crippen molar-refractivity contribution in [1.29, 1.82) is 0 Å². The Labute approximate surface area is 57.0 Å². The minimum atomic E-state index is 0.653. The van der Waals surface area contributed by atoms with Crippen molar-refractivity contribution < 1.29 is 0 Å². The lowest BCUT2D eigenvalue weighted by Crippen LogP contribution is -2.35. The summed E-state index contributed by atoms with van der Waals surface area (Å²) in [6.45, 7) is 3.08. The predicted octanol–water partition coefficient (Wildman–Crippen LogP) is 0.428. The third-order valence-corrected chi connectivity index (χ3v) is 2.46. The van der Waals surface area contributed by atoms with Crippen LogP contribution in [0.15, 0.2) is 0 Å². The van der Waals surface area contributed by atoms with Gasteiger partial charge in [-0.05, 0) is 26.8 Å². The quantitative estimate of drug-likeness (QED) is 0.555. The van der Waals surface area contributed by atoms with E-state index in [0.29, 0.717) is 6.04 Å². The molecule has 2 atom stereocenters. The maximum Gasteiger partial charge on any atom is 0.0218 e. The van der Waals surface area contributed by atoms with E-state index < -0.39 is 0 Å². The Hall–Kier alpha value is -0.0800. The van der Waals surface area contributed by atoms with Gasteiger partial charge in [0.2, 0.25) is 0 Å². The second-order valence-corrected chi connectivity index (χ2v) is 2.98. The summed E-state index contributed by atoms with van der Waals surface area (Å²) in [5.41, 5.74) is 5.54. The lowest BCUT2D eigenvalue weighted by Gasteiger charge is -2.21.